The smallest absolute Gasteiger partial charge is 0.261 e. The predicted molar refractivity (Wildman–Crippen MR) is 125 cm³/mol. The van der Waals surface area contributed by atoms with Crippen molar-refractivity contribution in [3.63, 3.8) is 0 Å². The van der Waals surface area contributed by atoms with E-state index in [-0.39, 0.29) is 12.1 Å². The highest BCUT2D eigenvalue weighted by Crippen LogP contribution is 2.29. The van der Waals surface area contributed by atoms with E-state index in [4.69, 9.17) is 16.6 Å². The fourth-order valence-electron chi connectivity index (χ4n) is 3.30. The number of halogens is 1. The largest absolute Gasteiger partial charge is 0.295 e. The molecule has 1 atom stereocenters. The Bertz CT molecular complexity index is 1440. The molecule has 0 spiro atoms. The van der Waals surface area contributed by atoms with Crippen LogP contribution in [0.25, 0.3) is 33.4 Å². The molecule has 3 aromatic heterocycles. The van der Waals surface area contributed by atoms with Crippen LogP contribution in [-0.4, -0.2) is 40.7 Å². The fourth-order valence-corrected chi connectivity index (χ4v) is 3.97. The van der Waals surface area contributed by atoms with Crippen LogP contribution < -0.4 is 10.3 Å². The lowest BCUT2D eigenvalue weighted by Crippen LogP contribution is -2.33. The van der Waals surface area contributed by atoms with E-state index in [0.29, 0.717) is 27.3 Å². The molecule has 0 radical (unpaired) electrons. The molecule has 0 saturated carbocycles. The van der Waals surface area contributed by atoms with Gasteiger partial charge in [-0.3, -0.25) is 14.3 Å². The number of nitrogens with one attached hydrogen (secondary N) is 1. The Hall–Kier alpha value is -3.14. The van der Waals surface area contributed by atoms with Gasteiger partial charge in [-0.1, -0.05) is 23.7 Å². The summed E-state index contributed by atoms with van der Waals surface area (Å²) >= 11 is 6.02. The second kappa shape index (κ2) is 8.78. The van der Waals surface area contributed by atoms with Gasteiger partial charge < -0.3 is 0 Å². The summed E-state index contributed by atoms with van der Waals surface area (Å²) in [4.78, 5) is 26.8. The lowest BCUT2D eigenvalue weighted by molar-refractivity contribution is 0.507. The number of aromatic nitrogens is 4. The molecule has 1 unspecified atom stereocenters. The van der Waals surface area contributed by atoms with Crippen LogP contribution in [0.5, 0.6) is 0 Å². The minimum absolute atomic E-state index is 0.0660. The Balaban J connectivity index is 1.92. The van der Waals surface area contributed by atoms with Crippen LogP contribution in [0.2, 0.25) is 5.02 Å². The molecule has 0 saturated heterocycles. The molecular formula is C22H20ClN5O3S. The van der Waals surface area contributed by atoms with E-state index in [1.54, 1.807) is 43.6 Å². The maximum Gasteiger partial charge on any atom is 0.261 e. The summed E-state index contributed by atoms with van der Waals surface area (Å²) in [5.41, 5.74) is 2.80. The van der Waals surface area contributed by atoms with Crippen molar-refractivity contribution in [3.8, 4) is 22.5 Å². The third-order valence-electron chi connectivity index (χ3n) is 4.96. The Labute approximate surface area is 190 Å². The highest BCUT2D eigenvalue weighted by Gasteiger charge is 2.17. The number of nitrogens with zero attached hydrogens (tertiary/aromatic N) is 4. The normalized spacial score (nSPS) is 12.7. The minimum atomic E-state index is -3.39. The van der Waals surface area contributed by atoms with E-state index in [1.807, 2.05) is 18.2 Å². The van der Waals surface area contributed by atoms with E-state index in [9.17, 15) is 13.2 Å². The van der Waals surface area contributed by atoms with Crippen molar-refractivity contribution in [2.75, 3.05) is 12.8 Å². The molecule has 0 bridgehead atoms. The molecule has 4 aromatic rings. The van der Waals surface area contributed by atoms with Crippen molar-refractivity contribution in [1.29, 1.82) is 0 Å². The Morgan fingerprint density at radius 1 is 1.16 bits per heavy atom. The maximum atomic E-state index is 13.4. The molecule has 32 heavy (non-hydrogen) atoms. The van der Waals surface area contributed by atoms with E-state index in [0.717, 1.165) is 17.4 Å². The van der Waals surface area contributed by atoms with Crippen molar-refractivity contribution < 1.29 is 8.42 Å². The van der Waals surface area contributed by atoms with Gasteiger partial charge in [0.15, 0.2) is 0 Å². The number of hydrogen-bond donors (Lipinski definition) is 1. The van der Waals surface area contributed by atoms with E-state index >= 15 is 0 Å². The molecule has 164 valence electrons. The third kappa shape index (κ3) is 4.69. The number of sulfonamides is 1. The molecule has 4 rings (SSSR count). The zero-order chi connectivity index (χ0) is 22.9. The molecule has 0 amide bonds. The summed E-state index contributed by atoms with van der Waals surface area (Å²) in [6.45, 7) is 1.81. The SMILES string of the molecule is CC(CNS(C)(=O)=O)n1cnc2c(-c3cccnc3)nc(-c3ccc(Cl)cc3)cc2c1=O. The standard InChI is InChI=1S/C22H20ClN5O3S/c1-14(11-26-32(2,30)31)28-13-25-21-18(22(28)29)10-19(15-5-7-17(23)8-6-15)27-20(21)16-4-3-9-24-12-16/h3-10,12-14,26H,11H2,1-2H3. The lowest BCUT2D eigenvalue weighted by Gasteiger charge is -2.16. The highest BCUT2D eigenvalue weighted by atomic mass is 35.5. The van der Waals surface area contributed by atoms with E-state index in [2.05, 4.69) is 14.7 Å². The highest BCUT2D eigenvalue weighted by molar-refractivity contribution is 7.88. The first-order valence-electron chi connectivity index (χ1n) is 9.76. The average Bonchev–Trinajstić information content (AvgIpc) is 2.78. The van der Waals surface area contributed by atoms with Crippen molar-refractivity contribution >= 4 is 32.5 Å². The first-order chi connectivity index (χ1) is 15.2. The predicted octanol–water partition coefficient (Wildman–Crippen LogP) is 3.28. The summed E-state index contributed by atoms with van der Waals surface area (Å²) in [6.07, 6.45) is 5.82. The van der Waals surface area contributed by atoms with Gasteiger partial charge in [-0.15, -0.1) is 0 Å². The molecule has 10 heteroatoms. The first kappa shape index (κ1) is 22.1. The lowest BCUT2D eigenvalue weighted by atomic mass is 10.1. The number of pyridine rings is 2. The average molecular weight is 470 g/mol. The second-order valence-electron chi connectivity index (χ2n) is 7.43. The van der Waals surface area contributed by atoms with Gasteiger partial charge in [-0.2, -0.15) is 0 Å². The van der Waals surface area contributed by atoms with Crippen LogP contribution in [0.4, 0.5) is 0 Å². The first-order valence-corrected chi connectivity index (χ1v) is 12.0. The number of rotatable bonds is 6. The second-order valence-corrected chi connectivity index (χ2v) is 9.70. The van der Waals surface area contributed by atoms with Crippen molar-refractivity contribution in [2.24, 2.45) is 0 Å². The zero-order valence-electron chi connectivity index (χ0n) is 17.4. The summed E-state index contributed by atoms with van der Waals surface area (Å²) in [7, 11) is -3.39. The zero-order valence-corrected chi connectivity index (χ0v) is 18.9. The van der Waals surface area contributed by atoms with Crippen LogP contribution in [0.15, 0.2) is 66.0 Å². The van der Waals surface area contributed by atoms with Crippen LogP contribution in [0.1, 0.15) is 13.0 Å². The third-order valence-corrected chi connectivity index (χ3v) is 5.90. The molecule has 0 fully saturated rings. The monoisotopic (exact) mass is 469 g/mol. The number of fused-ring (bicyclic) bond motifs is 1. The van der Waals surface area contributed by atoms with Crippen LogP contribution in [-0.2, 0) is 10.0 Å². The van der Waals surface area contributed by atoms with Gasteiger partial charge in [-0.05, 0) is 37.3 Å². The summed E-state index contributed by atoms with van der Waals surface area (Å²) in [6, 6.07) is 12.1. The van der Waals surface area contributed by atoms with Gasteiger partial charge in [-0.25, -0.2) is 23.1 Å². The quantitative estimate of drug-likeness (QED) is 0.464. The van der Waals surface area contributed by atoms with Gasteiger partial charge in [0.05, 0.1) is 29.4 Å². The van der Waals surface area contributed by atoms with Crippen LogP contribution >= 0.6 is 11.6 Å². The molecule has 0 aliphatic rings. The van der Waals surface area contributed by atoms with Crippen molar-refractivity contribution in [1.82, 2.24) is 24.2 Å². The Morgan fingerprint density at radius 2 is 1.91 bits per heavy atom. The van der Waals surface area contributed by atoms with Crippen LogP contribution in [0, 0.1) is 0 Å². The fraction of sp³-hybridized carbons (Fsp3) is 0.182. The number of hydrogen-bond acceptors (Lipinski definition) is 6. The summed E-state index contributed by atoms with van der Waals surface area (Å²) in [5, 5.41) is 0.968. The van der Waals surface area contributed by atoms with Crippen LogP contribution in [0.3, 0.4) is 0 Å². The van der Waals surface area contributed by atoms with Crippen molar-refractivity contribution in [2.45, 2.75) is 13.0 Å². The van der Waals surface area contributed by atoms with E-state index in [1.165, 1.54) is 10.9 Å². The van der Waals surface area contributed by atoms with Gasteiger partial charge >= 0.3 is 0 Å². The van der Waals surface area contributed by atoms with Crippen molar-refractivity contribution in [3.05, 3.63) is 76.6 Å². The molecule has 0 aliphatic heterocycles. The molecule has 8 nitrogen and oxygen atoms in total. The molecular weight excluding hydrogens is 450 g/mol. The molecule has 3 heterocycles. The minimum Gasteiger partial charge on any atom is -0.295 e. The Morgan fingerprint density at radius 3 is 2.56 bits per heavy atom. The number of benzene rings is 1. The summed E-state index contributed by atoms with van der Waals surface area (Å²) < 4.78 is 26.7. The summed E-state index contributed by atoms with van der Waals surface area (Å²) in [5.74, 6) is 0. The van der Waals surface area contributed by atoms with Gasteiger partial charge in [0.1, 0.15) is 5.52 Å². The van der Waals surface area contributed by atoms with E-state index < -0.39 is 16.1 Å². The van der Waals surface area contributed by atoms with Gasteiger partial charge in [0, 0.05) is 41.1 Å². The Kier molecular flexibility index (Phi) is 6.05. The molecule has 0 aliphatic carbocycles. The maximum absolute atomic E-state index is 13.4. The van der Waals surface area contributed by atoms with Gasteiger partial charge in [0.25, 0.3) is 5.56 Å². The molecule has 1 N–H and O–H groups in total. The molecule has 1 aromatic carbocycles. The van der Waals surface area contributed by atoms with Gasteiger partial charge in [0.2, 0.25) is 10.0 Å². The topological polar surface area (TPSA) is 107 Å².